The number of thiazole rings is 1. The van der Waals surface area contributed by atoms with E-state index in [0.717, 1.165) is 53.6 Å². The maximum absolute atomic E-state index is 13.7. The quantitative estimate of drug-likeness (QED) is 0.502. The number of nitrogens with zero attached hydrogens (tertiary/aromatic N) is 2. The van der Waals surface area contributed by atoms with Crippen molar-refractivity contribution in [2.24, 2.45) is 0 Å². The predicted molar refractivity (Wildman–Crippen MR) is 123 cm³/mol. The molecule has 2 aromatic carbocycles. The zero-order chi connectivity index (χ0) is 20.7. The normalized spacial score (nSPS) is 18.5. The summed E-state index contributed by atoms with van der Waals surface area (Å²) in [5, 5.41) is 1.37. The van der Waals surface area contributed by atoms with Crippen LogP contribution in [0.3, 0.4) is 0 Å². The maximum atomic E-state index is 13.7. The summed E-state index contributed by atoms with van der Waals surface area (Å²) >= 11 is 7.92. The summed E-state index contributed by atoms with van der Waals surface area (Å²) in [6.07, 6.45) is 6.65. The van der Waals surface area contributed by atoms with Gasteiger partial charge in [0.05, 0.1) is 27.9 Å². The first-order valence-electron chi connectivity index (χ1n) is 10.7. The number of aryl methyl sites for hydroxylation is 3. The second-order valence-electron chi connectivity index (χ2n) is 8.28. The first-order chi connectivity index (χ1) is 14.6. The van der Waals surface area contributed by atoms with Crippen LogP contribution in [-0.2, 0) is 17.6 Å². The molecule has 1 aliphatic heterocycles. The van der Waals surface area contributed by atoms with Crippen LogP contribution in [0.1, 0.15) is 52.7 Å². The Balaban J connectivity index is 1.54. The molecule has 30 heavy (non-hydrogen) atoms. The van der Waals surface area contributed by atoms with Crippen LogP contribution in [0.5, 0.6) is 0 Å². The molecule has 1 aromatic heterocycles. The number of fused-ring (bicyclic) bond motifs is 2. The van der Waals surface area contributed by atoms with Gasteiger partial charge < -0.3 is 4.74 Å². The molecular weight excluding hydrogens is 416 g/mol. The summed E-state index contributed by atoms with van der Waals surface area (Å²) in [5.74, 6) is -0.00768. The van der Waals surface area contributed by atoms with Gasteiger partial charge in [-0.2, -0.15) is 0 Å². The average molecular weight is 441 g/mol. The third kappa shape index (κ3) is 3.75. The Morgan fingerprint density at radius 1 is 1.20 bits per heavy atom. The van der Waals surface area contributed by atoms with Crippen LogP contribution in [0.15, 0.2) is 30.3 Å². The summed E-state index contributed by atoms with van der Waals surface area (Å²) in [4.78, 5) is 20.3. The van der Waals surface area contributed by atoms with Crippen molar-refractivity contribution in [3.63, 3.8) is 0 Å². The smallest absolute Gasteiger partial charge is 0.260 e. The molecular formula is C24H25ClN2O2S. The lowest BCUT2D eigenvalue weighted by molar-refractivity contribution is 0.0917. The van der Waals surface area contributed by atoms with Gasteiger partial charge in [0.25, 0.3) is 5.91 Å². The molecule has 1 fully saturated rings. The molecule has 0 bridgehead atoms. The number of amides is 1. The number of anilines is 1. The Morgan fingerprint density at radius 3 is 2.80 bits per heavy atom. The van der Waals surface area contributed by atoms with E-state index in [-0.39, 0.29) is 12.0 Å². The molecule has 6 heteroatoms. The van der Waals surface area contributed by atoms with Crippen molar-refractivity contribution in [1.82, 2.24) is 4.98 Å². The number of rotatable bonds is 4. The molecule has 1 saturated heterocycles. The van der Waals surface area contributed by atoms with Crippen molar-refractivity contribution < 1.29 is 9.53 Å². The van der Waals surface area contributed by atoms with Gasteiger partial charge in [0.1, 0.15) is 0 Å². The lowest BCUT2D eigenvalue weighted by Gasteiger charge is -2.24. The van der Waals surface area contributed by atoms with Gasteiger partial charge in [-0.05, 0) is 80.3 Å². The summed E-state index contributed by atoms with van der Waals surface area (Å²) in [5.41, 5.74) is 5.36. The average Bonchev–Trinajstić information content (AvgIpc) is 3.44. The third-order valence-electron chi connectivity index (χ3n) is 6.17. The van der Waals surface area contributed by atoms with Crippen molar-refractivity contribution in [2.45, 2.75) is 51.6 Å². The van der Waals surface area contributed by atoms with E-state index in [1.165, 1.54) is 35.3 Å². The molecule has 0 N–H and O–H groups in total. The minimum absolute atomic E-state index is 0.00768. The number of carbonyl (C=O) groups excluding carboxylic acids is 1. The number of halogens is 1. The molecule has 1 atom stereocenters. The standard InChI is InChI=1S/C24H25ClN2O2S/c1-15-8-11-20(25)22-21(15)26-24(30-22)27(14-19-7-4-12-29-19)23(28)18-10-9-16-5-2-3-6-17(16)13-18/h8-11,13,19H,2-7,12,14H2,1H3. The van der Waals surface area contributed by atoms with E-state index in [1.54, 1.807) is 4.90 Å². The SMILES string of the molecule is Cc1ccc(Cl)c2sc(N(CC3CCCO3)C(=O)c3ccc4c(c3)CCCC4)nc12. The molecule has 1 aliphatic carbocycles. The van der Waals surface area contributed by atoms with Crippen molar-refractivity contribution in [3.8, 4) is 0 Å². The van der Waals surface area contributed by atoms with E-state index in [1.807, 2.05) is 25.1 Å². The monoisotopic (exact) mass is 440 g/mol. The van der Waals surface area contributed by atoms with E-state index >= 15 is 0 Å². The van der Waals surface area contributed by atoms with Gasteiger partial charge in [0, 0.05) is 12.2 Å². The van der Waals surface area contributed by atoms with Gasteiger partial charge in [0.2, 0.25) is 0 Å². The molecule has 156 valence electrons. The Labute approximate surface area is 185 Å². The highest BCUT2D eigenvalue weighted by Crippen LogP contribution is 2.37. The van der Waals surface area contributed by atoms with E-state index in [0.29, 0.717) is 16.7 Å². The van der Waals surface area contributed by atoms with Gasteiger partial charge >= 0.3 is 0 Å². The minimum atomic E-state index is -0.00768. The van der Waals surface area contributed by atoms with E-state index in [4.69, 9.17) is 21.3 Å². The lowest BCUT2D eigenvalue weighted by Crippen LogP contribution is -2.37. The van der Waals surface area contributed by atoms with Gasteiger partial charge in [0.15, 0.2) is 5.13 Å². The van der Waals surface area contributed by atoms with Gasteiger partial charge in [-0.25, -0.2) is 4.98 Å². The van der Waals surface area contributed by atoms with Crippen LogP contribution in [0, 0.1) is 6.92 Å². The first kappa shape index (κ1) is 20.0. The number of hydrogen-bond acceptors (Lipinski definition) is 4. The Kier molecular flexibility index (Phi) is 5.52. The predicted octanol–water partition coefficient (Wildman–Crippen LogP) is 5.96. The molecule has 0 spiro atoms. The van der Waals surface area contributed by atoms with Gasteiger partial charge in [-0.15, -0.1) is 0 Å². The Bertz CT molecular complexity index is 1070. The van der Waals surface area contributed by atoms with Crippen LogP contribution in [0.25, 0.3) is 10.2 Å². The highest BCUT2D eigenvalue weighted by atomic mass is 35.5. The van der Waals surface area contributed by atoms with Gasteiger partial charge in [-0.3, -0.25) is 9.69 Å². The number of carbonyl (C=O) groups is 1. The first-order valence-corrected chi connectivity index (χ1v) is 11.9. The van der Waals surface area contributed by atoms with Crippen molar-refractivity contribution in [3.05, 3.63) is 57.6 Å². The molecule has 2 heterocycles. The summed E-state index contributed by atoms with van der Waals surface area (Å²) in [6, 6.07) is 10.1. The molecule has 2 aliphatic rings. The molecule has 5 rings (SSSR count). The summed E-state index contributed by atoms with van der Waals surface area (Å²) < 4.78 is 6.79. The summed E-state index contributed by atoms with van der Waals surface area (Å²) in [6.45, 7) is 3.31. The van der Waals surface area contributed by atoms with Crippen molar-refractivity contribution in [1.29, 1.82) is 0 Å². The molecule has 1 unspecified atom stereocenters. The Morgan fingerprint density at radius 2 is 2.03 bits per heavy atom. The fraction of sp³-hybridized carbons (Fsp3) is 0.417. The fourth-order valence-electron chi connectivity index (χ4n) is 4.47. The van der Waals surface area contributed by atoms with E-state index in [2.05, 4.69) is 12.1 Å². The maximum Gasteiger partial charge on any atom is 0.260 e. The van der Waals surface area contributed by atoms with Crippen LogP contribution < -0.4 is 4.90 Å². The largest absolute Gasteiger partial charge is 0.376 e. The van der Waals surface area contributed by atoms with Crippen LogP contribution in [-0.4, -0.2) is 30.1 Å². The van der Waals surface area contributed by atoms with Crippen LogP contribution in [0.2, 0.25) is 5.02 Å². The zero-order valence-electron chi connectivity index (χ0n) is 17.1. The molecule has 4 nitrogen and oxygen atoms in total. The topological polar surface area (TPSA) is 42.4 Å². The van der Waals surface area contributed by atoms with Crippen molar-refractivity contribution in [2.75, 3.05) is 18.1 Å². The molecule has 3 aromatic rings. The molecule has 0 radical (unpaired) electrons. The van der Waals surface area contributed by atoms with Crippen molar-refractivity contribution >= 4 is 44.2 Å². The highest BCUT2D eigenvalue weighted by Gasteiger charge is 2.28. The highest BCUT2D eigenvalue weighted by molar-refractivity contribution is 7.23. The lowest BCUT2D eigenvalue weighted by atomic mass is 9.90. The van der Waals surface area contributed by atoms with E-state index < -0.39 is 0 Å². The number of aromatic nitrogens is 1. The number of ether oxygens (including phenoxy) is 1. The van der Waals surface area contributed by atoms with Gasteiger partial charge in [-0.1, -0.05) is 35.1 Å². The minimum Gasteiger partial charge on any atom is -0.376 e. The van der Waals surface area contributed by atoms with E-state index in [9.17, 15) is 4.79 Å². The molecule has 1 amide bonds. The van der Waals surface area contributed by atoms with Crippen LogP contribution in [0.4, 0.5) is 5.13 Å². The number of hydrogen-bond donors (Lipinski definition) is 0. The molecule has 0 saturated carbocycles. The second kappa shape index (κ2) is 8.29. The Hall–Kier alpha value is -1.95. The fourth-order valence-corrected chi connectivity index (χ4v) is 5.79. The third-order valence-corrected chi connectivity index (χ3v) is 7.71. The second-order valence-corrected chi connectivity index (χ2v) is 9.66. The zero-order valence-corrected chi connectivity index (χ0v) is 18.7. The summed E-state index contributed by atoms with van der Waals surface area (Å²) in [7, 11) is 0. The number of benzene rings is 2. The van der Waals surface area contributed by atoms with Crippen LogP contribution >= 0.6 is 22.9 Å².